The van der Waals surface area contributed by atoms with Crippen molar-refractivity contribution in [1.82, 2.24) is 10.3 Å². The van der Waals surface area contributed by atoms with Gasteiger partial charge >= 0.3 is 0 Å². The van der Waals surface area contributed by atoms with Gasteiger partial charge in [-0.25, -0.2) is 0 Å². The van der Waals surface area contributed by atoms with E-state index in [1.54, 1.807) is 6.20 Å². The fraction of sp³-hybridized carbons (Fsp3) is 0.647. The van der Waals surface area contributed by atoms with E-state index in [-0.39, 0.29) is 5.91 Å². The second kappa shape index (κ2) is 7.55. The van der Waals surface area contributed by atoms with E-state index in [1.807, 2.05) is 18.2 Å². The van der Waals surface area contributed by atoms with Crippen LogP contribution in [-0.4, -0.2) is 28.1 Å². The third-order valence-corrected chi connectivity index (χ3v) is 4.56. The van der Waals surface area contributed by atoms with Crippen LogP contribution in [0.25, 0.3) is 0 Å². The number of carbonyl (C=O) groups is 1. The number of aryl methyl sites for hydroxylation is 1. The topological polar surface area (TPSA) is 62.2 Å². The minimum atomic E-state index is -0.702. The van der Waals surface area contributed by atoms with Crippen LogP contribution >= 0.6 is 0 Å². The molecular formula is C17H26N2O2. The Hall–Kier alpha value is -1.42. The van der Waals surface area contributed by atoms with Crippen molar-refractivity contribution in [2.24, 2.45) is 5.92 Å². The first kappa shape index (κ1) is 16.0. The summed E-state index contributed by atoms with van der Waals surface area (Å²) in [4.78, 5) is 16.1. The molecule has 1 aromatic heterocycles. The van der Waals surface area contributed by atoms with Gasteiger partial charge in [0.05, 0.1) is 5.60 Å². The molecule has 0 radical (unpaired) electrons. The molecule has 1 amide bonds. The summed E-state index contributed by atoms with van der Waals surface area (Å²) in [6.45, 7) is 2.58. The Labute approximate surface area is 127 Å². The fourth-order valence-electron chi connectivity index (χ4n) is 2.94. The highest BCUT2D eigenvalue weighted by molar-refractivity contribution is 5.76. The van der Waals surface area contributed by atoms with Crippen LogP contribution in [0.1, 0.15) is 51.1 Å². The zero-order valence-corrected chi connectivity index (χ0v) is 12.8. The summed E-state index contributed by atoms with van der Waals surface area (Å²) >= 11 is 0. The largest absolute Gasteiger partial charge is 0.388 e. The van der Waals surface area contributed by atoms with Gasteiger partial charge in [0.2, 0.25) is 5.91 Å². The summed E-state index contributed by atoms with van der Waals surface area (Å²) in [7, 11) is 0. The third-order valence-electron chi connectivity index (χ3n) is 4.56. The molecule has 1 heterocycles. The normalized spacial score (nSPS) is 25.5. The number of amides is 1. The molecule has 0 atom stereocenters. The Morgan fingerprint density at radius 2 is 2.19 bits per heavy atom. The number of aromatic nitrogens is 1. The van der Waals surface area contributed by atoms with E-state index in [9.17, 15) is 9.90 Å². The summed E-state index contributed by atoms with van der Waals surface area (Å²) in [6.07, 6.45) is 7.72. The fourth-order valence-corrected chi connectivity index (χ4v) is 2.94. The van der Waals surface area contributed by atoms with Gasteiger partial charge in [0.1, 0.15) is 0 Å². The molecule has 0 aromatic carbocycles. The minimum Gasteiger partial charge on any atom is -0.388 e. The van der Waals surface area contributed by atoms with Gasteiger partial charge in [-0.2, -0.15) is 0 Å². The molecule has 116 valence electrons. The number of pyridine rings is 1. The molecular weight excluding hydrogens is 264 g/mol. The standard InChI is InChI=1S/C17H26N2O2/c1-2-14-8-10-17(21,11-9-14)13-19-16(20)7-6-15-5-3-4-12-18-15/h3-5,12,14,21H,2,6-11,13H2,1H3,(H,19,20). The maximum atomic E-state index is 11.9. The van der Waals surface area contributed by atoms with E-state index in [4.69, 9.17) is 0 Å². The van der Waals surface area contributed by atoms with Crippen molar-refractivity contribution >= 4 is 5.91 Å². The summed E-state index contributed by atoms with van der Waals surface area (Å²) < 4.78 is 0. The summed E-state index contributed by atoms with van der Waals surface area (Å²) in [5.74, 6) is 0.733. The molecule has 21 heavy (non-hydrogen) atoms. The molecule has 1 saturated carbocycles. The Kier molecular flexibility index (Phi) is 5.74. The molecule has 1 aliphatic carbocycles. The van der Waals surface area contributed by atoms with E-state index in [2.05, 4.69) is 17.2 Å². The molecule has 2 rings (SSSR count). The summed E-state index contributed by atoms with van der Waals surface area (Å²) in [6, 6.07) is 5.72. The highest BCUT2D eigenvalue weighted by atomic mass is 16.3. The van der Waals surface area contributed by atoms with Gasteiger partial charge in [-0.05, 0) is 50.2 Å². The van der Waals surface area contributed by atoms with E-state index >= 15 is 0 Å². The highest BCUT2D eigenvalue weighted by Crippen LogP contribution is 2.33. The molecule has 4 heteroatoms. The molecule has 0 unspecified atom stereocenters. The van der Waals surface area contributed by atoms with E-state index in [0.717, 1.165) is 37.3 Å². The second-order valence-electron chi connectivity index (χ2n) is 6.17. The lowest BCUT2D eigenvalue weighted by molar-refractivity contribution is -0.122. The van der Waals surface area contributed by atoms with Crippen LogP contribution in [0, 0.1) is 5.92 Å². The lowest BCUT2D eigenvalue weighted by Gasteiger charge is -2.35. The maximum Gasteiger partial charge on any atom is 0.220 e. The van der Waals surface area contributed by atoms with E-state index < -0.39 is 5.60 Å². The minimum absolute atomic E-state index is 0.00769. The average molecular weight is 290 g/mol. The van der Waals surface area contributed by atoms with Crippen molar-refractivity contribution in [1.29, 1.82) is 0 Å². The summed E-state index contributed by atoms with van der Waals surface area (Å²) in [5, 5.41) is 13.4. The van der Waals surface area contributed by atoms with Crippen molar-refractivity contribution in [3.8, 4) is 0 Å². The van der Waals surface area contributed by atoms with Gasteiger partial charge in [-0.3, -0.25) is 9.78 Å². The van der Waals surface area contributed by atoms with Crippen LogP contribution in [-0.2, 0) is 11.2 Å². The Morgan fingerprint density at radius 3 is 2.81 bits per heavy atom. The average Bonchev–Trinajstić information content (AvgIpc) is 2.53. The molecule has 0 aliphatic heterocycles. The Bertz CT molecular complexity index is 439. The van der Waals surface area contributed by atoms with Crippen molar-refractivity contribution in [3.05, 3.63) is 30.1 Å². The van der Waals surface area contributed by atoms with Crippen LogP contribution < -0.4 is 5.32 Å². The first-order valence-corrected chi connectivity index (χ1v) is 8.00. The van der Waals surface area contributed by atoms with Gasteiger partial charge in [0, 0.05) is 24.9 Å². The molecule has 2 N–H and O–H groups in total. The number of nitrogens with zero attached hydrogens (tertiary/aromatic N) is 1. The van der Waals surface area contributed by atoms with Crippen LogP contribution in [0.5, 0.6) is 0 Å². The molecule has 0 saturated heterocycles. The molecule has 4 nitrogen and oxygen atoms in total. The Balaban J connectivity index is 1.69. The first-order valence-electron chi connectivity index (χ1n) is 8.00. The van der Waals surface area contributed by atoms with Gasteiger partial charge < -0.3 is 10.4 Å². The molecule has 0 spiro atoms. The van der Waals surface area contributed by atoms with Crippen LogP contribution in [0.15, 0.2) is 24.4 Å². The van der Waals surface area contributed by atoms with E-state index in [1.165, 1.54) is 6.42 Å². The van der Waals surface area contributed by atoms with Crippen LogP contribution in [0.2, 0.25) is 0 Å². The monoisotopic (exact) mass is 290 g/mol. The van der Waals surface area contributed by atoms with Crippen molar-refractivity contribution in [3.63, 3.8) is 0 Å². The van der Waals surface area contributed by atoms with Gasteiger partial charge in [0.15, 0.2) is 0 Å². The SMILES string of the molecule is CCC1CCC(O)(CNC(=O)CCc2ccccn2)CC1. The van der Waals surface area contributed by atoms with Gasteiger partial charge in [-0.1, -0.05) is 19.4 Å². The predicted molar refractivity (Wildman–Crippen MR) is 82.8 cm³/mol. The van der Waals surface area contributed by atoms with Crippen molar-refractivity contribution in [2.45, 2.75) is 57.5 Å². The lowest BCUT2D eigenvalue weighted by atomic mass is 9.78. The predicted octanol–water partition coefficient (Wildman–Crippen LogP) is 2.46. The van der Waals surface area contributed by atoms with Crippen molar-refractivity contribution < 1.29 is 9.90 Å². The number of rotatable bonds is 6. The van der Waals surface area contributed by atoms with Crippen LogP contribution in [0.3, 0.4) is 0 Å². The quantitative estimate of drug-likeness (QED) is 0.846. The molecule has 1 aromatic rings. The van der Waals surface area contributed by atoms with Gasteiger partial charge in [0.25, 0.3) is 0 Å². The van der Waals surface area contributed by atoms with E-state index in [0.29, 0.717) is 19.4 Å². The summed E-state index contributed by atoms with van der Waals surface area (Å²) in [5.41, 5.74) is 0.224. The number of aliphatic hydroxyl groups is 1. The van der Waals surface area contributed by atoms with Crippen LogP contribution in [0.4, 0.5) is 0 Å². The number of carbonyl (C=O) groups excluding carboxylic acids is 1. The maximum absolute atomic E-state index is 11.9. The second-order valence-corrected chi connectivity index (χ2v) is 6.17. The zero-order valence-electron chi connectivity index (χ0n) is 12.8. The zero-order chi connectivity index (χ0) is 15.1. The third kappa shape index (κ3) is 5.12. The number of nitrogens with one attached hydrogen (secondary N) is 1. The lowest BCUT2D eigenvalue weighted by Crippen LogP contribution is -2.45. The smallest absolute Gasteiger partial charge is 0.220 e. The van der Waals surface area contributed by atoms with Crippen molar-refractivity contribution in [2.75, 3.05) is 6.54 Å². The Morgan fingerprint density at radius 1 is 1.43 bits per heavy atom. The molecule has 1 aliphatic rings. The molecule has 1 fully saturated rings. The highest BCUT2D eigenvalue weighted by Gasteiger charge is 2.32. The first-order chi connectivity index (χ1) is 10.1. The number of hydrogen-bond donors (Lipinski definition) is 2. The number of hydrogen-bond acceptors (Lipinski definition) is 3. The molecule has 0 bridgehead atoms. The van der Waals surface area contributed by atoms with Gasteiger partial charge in [-0.15, -0.1) is 0 Å².